The standard InChI is InChI=1S/C12H14O2/c1-14-12(13)10-6-5-9-11-7-3-2-4-8-11/h2-4,6-8,10H,5,9H2,1H3/b10-6-/i10D. The first-order valence-electron chi connectivity index (χ1n) is 5.03. The molecule has 2 heteroatoms. The smallest absolute Gasteiger partial charge is 0.330 e. The van der Waals surface area contributed by atoms with Crippen LogP contribution in [0.15, 0.2) is 42.5 Å². The van der Waals surface area contributed by atoms with Crippen LogP contribution >= 0.6 is 0 Å². The Morgan fingerprint density at radius 1 is 1.50 bits per heavy atom. The number of aryl methyl sites for hydroxylation is 1. The quantitative estimate of drug-likeness (QED) is 0.539. The molecule has 1 rings (SSSR count). The van der Waals surface area contributed by atoms with Gasteiger partial charge in [-0.2, -0.15) is 0 Å². The lowest BCUT2D eigenvalue weighted by Gasteiger charge is -1.96. The maximum atomic E-state index is 10.9. The van der Waals surface area contributed by atoms with Crippen molar-refractivity contribution in [1.82, 2.24) is 0 Å². The molecule has 0 saturated heterocycles. The van der Waals surface area contributed by atoms with Gasteiger partial charge in [-0.3, -0.25) is 0 Å². The highest BCUT2D eigenvalue weighted by molar-refractivity contribution is 5.81. The Balaban J connectivity index is 2.42. The Morgan fingerprint density at radius 3 is 2.86 bits per heavy atom. The van der Waals surface area contributed by atoms with E-state index in [1.807, 2.05) is 30.3 Å². The second kappa shape index (κ2) is 5.97. The molecule has 0 heterocycles. The third kappa shape index (κ3) is 3.90. The summed E-state index contributed by atoms with van der Waals surface area (Å²) in [4.78, 5) is 10.9. The van der Waals surface area contributed by atoms with Gasteiger partial charge in [0.05, 0.1) is 8.48 Å². The van der Waals surface area contributed by atoms with Gasteiger partial charge in [0.2, 0.25) is 0 Å². The van der Waals surface area contributed by atoms with Crippen LogP contribution in [0.2, 0.25) is 0 Å². The number of hydrogen-bond acceptors (Lipinski definition) is 2. The zero-order valence-electron chi connectivity index (χ0n) is 9.19. The van der Waals surface area contributed by atoms with Gasteiger partial charge in [-0.1, -0.05) is 36.4 Å². The molecule has 1 aromatic rings. The maximum absolute atomic E-state index is 10.9. The lowest BCUT2D eigenvalue weighted by Crippen LogP contribution is -1.93. The summed E-state index contributed by atoms with van der Waals surface area (Å²) < 4.78 is 11.8. The Hall–Kier alpha value is -1.57. The number of methoxy groups -OCH3 is 1. The molecule has 0 N–H and O–H groups in total. The highest BCUT2D eigenvalue weighted by atomic mass is 16.5. The van der Waals surface area contributed by atoms with Crippen LogP contribution in [0, 0.1) is 0 Å². The van der Waals surface area contributed by atoms with Crippen molar-refractivity contribution in [2.45, 2.75) is 12.8 Å². The Bertz CT molecular complexity index is 344. The number of rotatable bonds is 4. The molecule has 0 radical (unpaired) electrons. The second-order valence-electron chi connectivity index (χ2n) is 2.86. The largest absolute Gasteiger partial charge is 0.466 e. The maximum Gasteiger partial charge on any atom is 0.330 e. The van der Waals surface area contributed by atoms with Crippen LogP contribution < -0.4 is 0 Å². The zero-order chi connectivity index (χ0) is 11.1. The van der Waals surface area contributed by atoms with Crippen LogP contribution in [0.1, 0.15) is 13.4 Å². The number of benzene rings is 1. The summed E-state index contributed by atoms with van der Waals surface area (Å²) in [5.74, 6) is -0.580. The molecule has 0 fully saturated rings. The molecule has 0 bridgehead atoms. The number of ether oxygens (including phenoxy) is 1. The molecular formula is C12H14O2. The topological polar surface area (TPSA) is 26.3 Å². The summed E-state index contributed by atoms with van der Waals surface area (Å²) in [5.41, 5.74) is 1.20. The monoisotopic (exact) mass is 191 g/mol. The fraction of sp³-hybridized carbons (Fsp3) is 0.250. The normalized spacial score (nSPS) is 12.1. The first kappa shape index (κ1) is 9.00. The molecule has 0 amide bonds. The van der Waals surface area contributed by atoms with E-state index in [9.17, 15) is 4.79 Å². The van der Waals surface area contributed by atoms with E-state index in [2.05, 4.69) is 4.74 Å². The molecule has 1 aromatic carbocycles. The summed E-state index contributed by atoms with van der Waals surface area (Å²) in [6, 6.07) is 9.88. The van der Waals surface area contributed by atoms with Crippen LogP contribution in [0.3, 0.4) is 0 Å². The molecule has 2 nitrogen and oxygen atoms in total. The zero-order valence-corrected chi connectivity index (χ0v) is 8.19. The van der Waals surface area contributed by atoms with Gasteiger partial charge in [0.1, 0.15) is 0 Å². The van der Waals surface area contributed by atoms with E-state index in [-0.39, 0.29) is 6.05 Å². The lowest BCUT2D eigenvalue weighted by atomic mass is 10.1. The van der Waals surface area contributed by atoms with E-state index in [0.29, 0.717) is 6.42 Å². The Kier molecular flexibility index (Phi) is 3.84. The van der Waals surface area contributed by atoms with Crippen LogP contribution in [0.25, 0.3) is 0 Å². The van der Waals surface area contributed by atoms with Crippen molar-refractivity contribution in [2.75, 3.05) is 7.11 Å². The Morgan fingerprint density at radius 2 is 2.21 bits per heavy atom. The van der Waals surface area contributed by atoms with Crippen LogP contribution in [0.5, 0.6) is 0 Å². The van der Waals surface area contributed by atoms with Crippen molar-refractivity contribution >= 4 is 5.97 Å². The van der Waals surface area contributed by atoms with Crippen molar-refractivity contribution in [3.63, 3.8) is 0 Å². The van der Waals surface area contributed by atoms with Gasteiger partial charge in [0.25, 0.3) is 0 Å². The molecular weight excluding hydrogens is 176 g/mol. The lowest BCUT2D eigenvalue weighted by molar-refractivity contribution is -0.134. The van der Waals surface area contributed by atoms with E-state index < -0.39 is 5.97 Å². The highest BCUT2D eigenvalue weighted by Gasteiger charge is 1.91. The first-order valence-corrected chi connectivity index (χ1v) is 4.53. The molecule has 0 aliphatic carbocycles. The van der Waals surface area contributed by atoms with Crippen molar-refractivity contribution in [2.24, 2.45) is 0 Å². The first-order chi connectivity index (χ1) is 7.24. The minimum absolute atomic E-state index is 0.0755. The molecule has 0 aliphatic heterocycles. The Labute approximate surface area is 85.6 Å². The number of allylic oxidation sites excluding steroid dienone is 1. The summed E-state index contributed by atoms with van der Waals surface area (Å²) in [6.07, 6.45) is 3.09. The van der Waals surface area contributed by atoms with Crippen molar-refractivity contribution in [3.05, 3.63) is 48.0 Å². The molecule has 14 heavy (non-hydrogen) atoms. The molecule has 74 valence electrons. The minimum atomic E-state index is -0.580. The average molecular weight is 191 g/mol. The summed E-state index contributed by atoms with van der Waals surface area (Å²) in [7, 11) is 1.28. The second-order valence-corrected chi connectivity index (χ2v) is 2.86. The van der Waals surface area contributed by atoms with Crippen molar-refractivity contribution < 1.29 is 10.9 Å². The fourth-order valence-corrected chi connectivity index (χ4v) is 1.10. The third-order valence-electron chi connectivity index (χ3n) is 1.83. The molecule has 0 aromatic heterocycles. The summed E-state index contributed by atoms with van der Waals surface area (Å²) in [6.45, 7) is 0. The van der Waals surface area contributed by atoms with Gasteiger partial charge in [-0.05, 0) is 18.4 Å². The highest BCUT2D eigenvalue weighted by Crippen LogP contribution is 2.02. The average Bonchev–Trinajstić information content (AvgIpc) is 2.29. The minimum Gasteiger partial charge on any atom is -0.466 e. The molecule has 0 spiro atoms. The van der Waals surface area contributed by atoms with Crippen molar-refractivity contribution in [3.8, 4) is 0 Å². The van der Waals surface area contributed by atoms with E-state index in [1.54, 1.807) is 6.08 Å². The fourth-order valence-electron chi connectivity index (χ4n) is 1.10. The molecule has 0 unspecified atom stereocenters. The van der Waals surface area contributed by atoms with Gasteiger partial charge < -0.3 is 4.74 Å². The third-order valence-corrected chi connectivity index (χ3v) is 1.83. The van der Waals surface area contributed by atoms with Gasteiger partial charge in [-0.15, -0.1) is 0 Å². The van der Waals surface area contributed by atoms with Gasteiger partial charge in [0.15, 0.2) is 0 Å². The predicted molar refractivity (Wildman–Crippen MR) is 55.9 cm³/mol. The van der Waals surface area contributed by atoms with E-state index in [4.69, 9.17) is 1.37 Å². The molecule has 0 aliphatic rings. The summed E-state index contributed by atoms with van der Waals surface area (Å²) >= 11 is 0. The number of carbonyl (C=O) groups is 1. The number of hydrogen-bond donors (Lipinski definition) is 0. The SMILES string of the molecule is [2H]/C(=C/CCc1ccccc1)C(=O)OC. The van der Waals surface area contributed by atoms with Crippen LogP contribution in [0.4, 0.5) is 0 Å². The van der Waals surface area contributed by atoms with Crippen molar-refractivity contribution in [1.29, 1.82) is 0 Å². The van der Waals surface area contributed by atoms with Crippen LogP contribution in [-0.2, 0) is 16.0 Å². The van der Waals surface area contributed by atoms with E-state index >= 15 is 0 Å². The van der Waals surface area contributed by atoms with Gasteiger partial charge in [-0.25, -0.2) is 4.79 Å². The number of esters is 1. The van der Waals surface area contributed by atoms with Crippen LogP contribution in [-0.4, -0.2) is 13.1 Å². The van der Waals surface area contributed by atoms with Gasteiger partial charge in [0, 0.05) is 6.05 Å². The molecule has 0 atom stereocenters. The van der Waals surface area contributed by atoms with Gasteiger partial charge >= 0.3 is 5.97 Å². The predicted octanol–water partition coefficient (Wildman–Crippen LogP) is 2.35. The van der Waals surface area contributed by atoms with E-state index in [0.717, 1.165) is 6.42 Å². The van der Waals surface area contributed by atoms with E-state index in [1.165, 1.54) is 12.7 Å². The molecule has 0 saturated carbocycles. The number of carbonyl (C=O) groups excluding carboxylic acids is 1. The summed E-state index contributed by atoms with van der Waals surface area (Å²) in [5, 5.41) is 0.